The predicted molar refractivity (Wildman–Crippen MR) is 103 cm³/mol. The maximum atomic E-state index is 11.4. The van der Waals surface area contributed by atoms with Gasteiger partial charge in [-0.05, 0) is 28.5 Å². The Morgan fingerprint density at radius 3 is 2.23 bits per heavy atom. The zero-order chi connectivity index (χ0) is 19.3. The number of fused-ring (bicyclic) bond motifs is 1. The summed E-state index contributed by atoms with van der Waals surface area (Å²) in [6, 6.07) is 10.7. The van der Waals surface area contributed by atoms with E-state index in [0.717, 1.165) is 16.6 Å². The van der Waals surface area contributed by atoms with Gasteiger partial charge in [0.25, 0.3) is 5.69 Å². The molecule has 5 nitrogen and oxygen atoms in total. The number of aromatic nitrogens is 1. The van der Waals surface area contributed by atoms with Gasteiger partial charge in [0.1, 0.15) is 11.1 Å². The van der Waals surface area contributed by atoms with Crippen molar-refractivity contribution in [2.45, 2.75) is 52.4 Å². The number of nitro benzene ring substituents is 1. The fourth-order valence-electron chi connectivity index (χ4n) is 2.95. The van der Waals surface area contributed by atoms with Gasteiger partial charge in [0.2, 0.25) is 5.89 Å². The van der Waals surface area contributed by atoms with Crippen LogP contribution >= 0.6 is 0 Å². The van der Waals surface area contributed by atoms with E-state index in [1.807, 2.05) is 6.07 Å². The molecule has 0 aliphatic rings. The number of hydrogen-bond acceptors (Lipinski definition) is 4. The minimum Gasteiger partial charge on any atom is -0.435 e. The van der Waals surface area contributed by atoms with E-state index >= 15 is 0 Å². The zero-order valence-corrected chi connectivity index (χ0v) is 16.1. The Morgan fingerprint density at radius 2 is 1.65 bits per heavy atom. The summed E-state index contributed by atoms with van der Waals surface area (Å²) >= 11 is 0. The van der Waals surface area contributed by atoms with Crippen LogP contribution in [0.4, 0.5) is 5.69 Å². The molecule has 0 radical (unpaired) electrons. The molecule has 1 heterocycles. The second kappa shape index (κ2) is 5.94. The molecule has 0 atom stereocenters. The fourth-order valence-corrected chi connectivity index (χ4v) is 2.95. The van der Waals surface area contributed by atoms with Crippen LogP contribution in [0.3, 0.4) is 0 Å². The van der Waals surface area contributed by atoms with Crippen molar-refractivity contribution in [3.05, 3.63) is 57.6 Å². The lowest BCUT2D eigenvalue weighted by Crippen LogP contribution is -2.16. The highest BCUT2D eigenvalue weighted by atomic mass is 16.6. The largest absolute Gasteiger partial charge is 0.435 e. The molecule has 0 aliphatic heterocycles. The Labute approximate surface area is 153 Å². The van der Waals surface area contributed by atoms with Gasteiger partial charge in [-0.3, -0.25) is 10.1 Å². The van der Waals surface area contributed by atoms with Gasteiger partial charge in [0, 0.05) is 11.6 Å². The van der Waals surface area contributed by atoms with E-state index < -0.39 is 4.92 Å². The van der Waals surface area contributed by atoms with Crippen LogP contribution in [-0.4, -0.2) is 9.91 Å². The SMILES string of the molecule is CC(C)(C)c1cc(C(C)(C)C)c2oc(-c3ccccc3[N+](=O)[O-])nc2c1. The number of benzene rings is 2. The van der Waals surface area contributed by atoms with Crippen molar-refractivity contribution in [3.8, 4) is 11.5 Å². The van der Waals surface area contributed by atoms with Gasteiger partial charge in [-0.15, -0.1) is 0 Å². The fraction of sp³-hybridized carbons (Fsp3) is 0.381. The third-order valence-electron chi connectivity index (χ3n) is 4.50. The van der Waals surface area contributed by atoms with Crippen LogP contribution in [0.2, 0.25) is 0 Å². The number of para-hydroxylation sites is 1. The summed E-state index contributed by atoms with van der Waals surface area (Å²) in [5, 5.41) is 11.4. The smallest absolute Gasteiger partial charge is 0.282 e. The summed E-state index contributed by atoms with van der Waals surface area (Å²) in [4.78, 5) is 15.6. The van der Waals surface area contributed by atoms with E-state index in [1.165, 1.54) is 6.07 Å². The van der Waals surface area contributed by atoms with Gasteiger partial charge in [-0.25, -0.2) is 4.98 Å². The molecule has 26 heavy (non-hydrogen) atoms. The molecular weight excluding hydrogens is 328 g/mol. The van der Waals surface area contributed by atoms with Crippen LogP contribution in [0.15, 0.2) is 40.8 Å². The minimum absolute atomic E-state index is 0.00703. The first kappa shape index (κ1) is 18.1. The molecule has 0 saturated heterocycles. The molecule has 0 saturated carbocycles. The van der Waals surface area contributed by atoms with Crippen LogP contribution in [0.5, 0.6) is 0 Å². The lowest BCUT2D eigenvalue weighted by molar-refractivity contribution is -0.384. The van der Waals surface area contributed by atoms with Gasteiger partial charge < -0.3 is 4.42 Å². The molecule has 136 valence electrons. The lowest BCUT2D eigenvalue weighted by Gasteiger charge is -2.24. The highest BCUT2D eigenvalue weighted by Crippen LogP contribution is 2.38. The second-order valence-corrected chi connectivity index (χ2v) is 8.67. The number of nitrogens with zero attached hydrogens (tertiary/aromatic N) is 2. The van der Waals surface area contributed by atoms with Gasteiger partial charge in [-0.2, -0.15) is 0 Å². The van der Waals surface area contributed by atoms with Crippen molar-refractivity contribution in [2.24, 2.45) is 0 Å². The Bertz CT molecular complexity index is 989. The van der Waals surface area contributed by atoms with Crippen molar-refractivity contribution in [1.29, 1.82) is 0 Å². The molecule has 3 aromatic rings. The average Bonchev–Trinajstić information content (AvgIpc) is 2.95. The van der Waals surface area contributed by atoms with E-state index in [9.17, 15) is 10.1 Å². The van der Waals surface area contributed by atoms with Gasteiger partial charge in [-0.1, -0.05) is 59.7 Å². The summed E-state index contributed by atoms with van der Waals surface area (Å²) in [6.45, 7) is 12.8. The molecule has 0 aliphatic carbocycles. The third kappa shape index (κ3) is 3.21. The van der Waals surface area contributed by atoms with Gasteiger partial charge in [0.05, 0.1) is 4.92 Å². The first-order valence-electron chi connectivity index (χ1n) is 8.68. The van der Waals surface area contributed by atoms with Crippen LogP contribution in [0, 0.1) is 10.1 Å². The molecule has 5 heteroatoms. The monoisotopic (exact) mass is 352 g/mol. The van der Waals surface area contributed by atoms with E-state index in [1.54, 1.807) is 18.2 Å². The summed E-state index contributed by atoms with van der Waals surface area (Å²) in [6.07, 6.45) is 0. The first-order valence-corrected chi connectivity index (χ1v) is 8.68. The quantitative estimate of drug-likeness (QED) is 0.419. The van der Waals surface area contributed by atoms with Crippen LogP contribution in [-0.2, 0) is 10.8 Å². The van der Waals surface area contributed by atoms with E-state index in [-0.39, 0.29) is 22.4 Å². The predicted octanol–water partition coefficient (Wildman–Crippen LogP) is 6.00. The Balaban J connectivity index is 2.32. The summed E-state index contributed by atoms with van der Waals surface area (Å²) in [5.41, 5.74) is 3.85. The highest BCUT2D eigenvalue weighted by molar-refractivity contribution is 5.83. The lowest BCUT2D eigenvalue weighted by atomic mass is 9.80. The maximum absolute atomic E-state index is 11.4. The Hall–Kier alpha value is -2.69. The number of hydrogen-bond donors (Lipinski definition) is 0. The van der Waals surface area contributed by atoms with E-state index in [4.69, 9.17) is 4.42 Å². The minimum atomic E-state index is -0.407. The van der Waals surface area contributed by atoms with Crippen molar-refractivity contribution in [2.75, 3.05) is 0 Å². The van der Waals surface area contributed by atoms with Crippen LogP contribution < -0.4 is 0 Å². The Morgan fingerprint density at radius 1 is 1.00 bits per heavy atom. The number of rotatable bonds is 2. The van der Waals surface area contributed by atoms with E-state index in [0.29, 0.717) is 11.1 Å². The van der Waals surface area contributed by atoms with Gasteiger partial charge in [0.15, 0.2) is 5.58 Å². The molecule has 2 aromatic carbocycles. The standard InChI is InChI=1S/C21H24N2O3/c1-20(2,3)13-11-15(21(4,5)6)18-16(12-13)22-19(26-18)14-9-7-8-10-17(14)23(24)25/h7-12H,1-6H3. The highest BCUT2D eigenvalue weighted by Gasteiger charge is 2.27. The molecule has 1 aromatic heterocycles. The van der Waals surface area contributed by atoms with Gasteiger partial charge >= 0.3 is 0 Å². The normalized spacial score (nSPS) is 12.5. The number of oxazole rings is 1. The van der Waals surface area contributed by atoms with Crippen molar-refractivity contribution < 1.29 is 9.34 Å². The molecule has 0 bridgehead atoms. The zero-order valence-electron chi connectivity index (χ0n) is 16.1. The molecule has 0 N–H and O–H groups in total. The molecule has 0 amide bonds. The molecular formula is C21H24N2O3. The third-order valence-corrected chi connectivity index (χ3v) is 4.50. The average molecular weight is 352 g/mol. The molecule has 0 fully saturated rings. The number of nitro groups is 1. The molecule has 0 spiro atoms. The topological polar surface area (TPSA) is 69.2 Å². The summed E-state index contributed by atoms with van der Waals surface area (Å²) in [7, 11) is 0. The molecule has 3 rings (SSSR count). The van der Waals surface area contributed by atoms with Crippen molar-refractivity contribution in [3.63, 3.8) is 0 Å². The van der Waals surface area contributed by atoms with Crippen LogP contribution in [0.1, 0.15) is 52.7 Å². The van der Waals surface area contributed by atoms with E-state index in [2.05, 4.69) is 52.6 Å². The van der Waals surface area contributed by atoms with Crippen molar-refractivity contribution in [1.82, 2.24) is 4.98 Å². The van der Waals surface area contributed by atoms with Crippen molar-refractivity contribution >= 4 is 16.8 Å². The molecule has 0 unspecified atom stereocenters. The Kier molecular flexibility index (Phi) is 4.14. The second-order valence-electron chi connectivity index (χ2n) is 8.67. The summed E-state index contributed by atoms with van der Waals surface area (Å²) < 4.78 is 6.05. The maximum Gasteiger partial charge on any atom is 0.282 e. The first-order chi connectivity index (χ1) is 12.0. The van der Waals surface area contributed by atoms with Crippen LogP contribution in [0.25, 0.3) is 22.6 Å². The summed E-state index contributed by atoms with van der Waals surface area (Å²) in [5.74, 6) is 0.281.